The molecular weight excluding hydrogens is 253 g/mol. The highest BCUT2D eigenvalue weighted by Gasteiger charge is 2.17. The normalized spacial score (nSPS) is 10.8. The van der Waals surface area contributed by atoms with Crippen LogP contribution in [0.15, 0.2) is 33.4 Å². The van der Waals surface area contributed by atoms with Crippen molar-refractivity contribution in [1.82, 2.24) is 20.5 Å². The standard InChI is InChI=1S/C11H8FN5O2/c12-7-3-1-6(2-4-7)5-8-14-11(18-15-8)9-10(13)17-19-16-9/h1-4H,5H2,(H2,13,17). The molecule has 2 aromatic heterocycles. The first-order chi connectivity index (χ1) is 9.22. The molecule has 1 aromatic carbocycles. The molecule has 0 aliphatic carbocycles. The number of halogens is 1. The van der Waals surface area contributed by atoms with Gasteiger partial charge in [-0.2, -0.15) is 4.98 Å². The number of benzene rings is 1. The second kappa shape index (κ2) is 4.48. The molecule has 0 unspecified atom stereocenters. The third-order valence-electron chi connectivity index (χ3n) is 2.46. The van der Waals surface area contributed by atoms with Crippen molar-refractivity contribution < 1.29 is 13.5 Å². The van der Waals surface area contributed by atoms with Gasteiger partial charge in [-0.25, -0.2) is 9.02 Å². The molecule has 2 N–H and O–H groups in total. The van der Waals surface area contributed by atoms with Crippen LogP contribution < -0.4 is 5.73 Å². The first kappa shape index (κ1) is 11.3. The first-order valence-electron chi connectivity index (χ1n) is 5.38. The molecule has 0 radical (unpaired) electrons. The van der Waals surface area contributed by atoms with Gasteiger partial charge < -0.3 is 10.3 Å². The molecule has 0 saturated carbocycles. The lowest BCUT2D eigenvalue weighted by molar-refractivity contribution is 0.308. The number of nitrogens with two attached hydrogens (primary N) is 1. The van der Waals surface area contributed by atoms with Crippen molar-refractivity contribution in [3.8, 4) is 11.6 Å². The van der Waals surface area contributed by atoms with Gasteiger partial charge in [0.05, 0.1) is 0 Å². The first-order valence-corrected chi connectivity index (χ1v) is 5.38. The minimum Gasteiger partial charge on any atom is -0.379 e. The van der Waals surface area contributed by atoms with Gasteiger partial charge in [0.2, 0.25) is 11.5 Å². The molecule has 19 heavy (non-hydrogen) atoms. The number of nitrogen functional groups attached to an aromatic ring is 1. The molecule has 0 atom stereocenters. The number of anilines is 1. The van der Waals surface area contributed by atoms with E-state index in [4.69, 9.17) is 10.3 Å². The predicted molar refractivity (Wildman–Crippen MR) is 61.2 cm³/mol. The molecule has 0 fully saturated rings. The van der Waals surface area contributed by atoms with Crippen LogP contribution in [-0.4, -0.2) is 20.5 Å². The van der Waals surface area contributed by atoms with Crippen molar-refractivity contribution in [2.75, 3.05) is 5.73 Å². The molecule has 2 heterocycles. The molecular formula is C11H8FN5O2. The van der Waals surface area contributed by atoms with E-state index in [1.807, 2.05) is 0 Å². The van der Waals surface area contributed by atoms with Crippen LogP contribution in [0.2, 0.25) is 0 Å². The van der Waals surface area contributed by atoms with Gasteiger partial charge in [0.25, 0.3) is 5.89 Å². The summed E-state index contributed by atoms with van der Waals surface area (Å²) in [4.78, 5) is 4.12. The molecule has 7 nitrogen and oxygen atoms in total. The van der Waals surface area contributed by atoms with E-state index < -0.39 is 0 Å². The lowest BCUT2D eigenvalue weighted by atomic mass is 10.1. The molecule has 0 aliphatic heterocycles. The summed E-state index contributed by atoms with van der Waals surface area (Å²) in [6, 6.07) is 6.04. The van der Waals surface area contributed by atoms with Gasteiger partial charge in [0, 0.05) is 6.42 Å². The van der Waals surface area contributed by atoms with Crippen molar-refractivity contribution in [3.63, 3.8) is 0 Å². The Kier molecular flexibility index (Phi) is 2.67. The molecule has 96 valence electrons. The van der Waals surface area contributed by atoms with Crippen LogP contribution in [-0.2, 0) is 6.42 Å². The van der Waals surface area contributed by atoms with Crippen LogP contribution in [0.1, 0.15) is 11.4 Å². The van der Waals surface area contributed by atoms with Crippen molar-refractivity contribution in [2.24, 2.45) is 0 Å². The topological polar surface area (TPSA) is 104 Å². The maximum atomic E-state index is 12.8. The van der Waals surface area contributed by atoms with Crippen molar-refractivity contribution in [2.45, 2.75) is 6.42 Å². The average molecular weight is 261 g/mol. The summed E-state index contributed by atoms with van der Waals surface area (Å²) in [6.45, 7) is 0. The Morgan fingerprint density at radius 1 is 1.11 bits per heavy atom. The molecule has 0 aliphatic rings. The van der Waals surface area contributed by atoms with Gasteiger partial charge in [0.1, 0.15) is 5.82 Å². The van der Waals surface area contributed by atoms with E-state index in [0.717, 1.165) is 5.56 Å². The summed E-state index contributed by atoms with van der Waals surface area (Å²) in [6.07, 6.45) is 0.412. The fraction of sp³-hybridized carbons (Fsp3) is 0.0909. The Hall–Kier alpha value is -2.77. The Labute approximate surface area is 106 Å². The molecule has 0 bridgehead atoms. The van der Waals surface area contributed by atoms with Crippen LogP contribution >= 0.6 is 0 Å². The third kappa shape index (κ3) is 2.28. The molecule has 3 aromatic rings. The van der Waals surface area contributed by atoms with Crippen molar-refractivity contribution in [3.05, 3.63) is 41.5 Å². The van der Waals surface area contributed by atoms with Crippen LogP contribution in [0.25, 0.3) is 11.6 Å². The van der Waals surface area contributed by atoms with Gasteiger partial charge in [-0.05, 0) is 28.0 Å². The SMILES string of the molecule is Nc1nonc1-c1nc(Cc2ccc(F)cc2)no1. The third-order valence-corrected chi connectivity index (χ3v) is 2.46. The molecule has 0 amide bonds. The maximum Gasteiger partial charge on any atom is 0.284 e. The minimum absolute atomic E-state index is 0.0805. The Balaban J connectivity index is 1.82. The summed E-state index contributed by atoms with van der Waals surface area (Å²) >= 11 is 0. The van der Waals surface area contributed by atoms with Crippen LogP contribution in [0.3, 0.4) is 0 Å². The maximum absolute atomic E-state index is 12.8. The zero-order valence-corrected chi connectivity index (χ0v) is 9.58. The highest BCUT2D eigenvalue weighted by atomic mass is 19.1. The number of nitrogens with zero attached hydrogens (tertiary/aromatic N) is 4. The number of rotatable bonds is 3. The van der Waals surface area contributed by atoms with E-state index in [2.05, 4.69) is 25.1 Å². The Morgan fingerprint density at radius 3 is 2.58 bits per heavy atom. The highest BCUT2D eigenvalue weighted by molar-refractivity contribution is 5.60. The minimum atomic E-state index is -0.293. The van der Waals surface area contributed by atoms with Gasteiger partial charge >= 0.3 is 0 Å². The summed E-state index contributed by atoms with van der Waals surface area (Å²) in [5, 5.41) is 10.8. The quantitative estimate of drug-likeness (QED) is 0.760. The monoisotopic (exact) mass is 261 g/mol. The summed E-state index contributed by atoms with van der Waals surface area (Å²) in [7, 11) is 0. The lowest BCUT2D eigenvalue weighted by Crippen LogP contribution is -1.92. The fourth-order valence-electron chi connectivity index (χ4n) is 1.55. The Bertz CT molecular complexity index is 691. The molecule has 3 rings (SSSR count). The van der Waals surface area contributed by atoms with Crippen molar-refractivity contribution >= 4 is 5.82 Å². The van der Waals surface area contributed by atoms with E-state index in [1.54, 1.807) is 12.1 Å². The summed E-state index contributed by atoms with van der Waals surface area (Å²) in [5.41, 5.74) is 6.58. The van der Waals surface area contributed by atoms with Gasteiger partial charge in [-0.15, -0.1) is 0 Å². The van der Waals surface area contributed by atoms with E-state index in [0.29, 0.717) is 12.2 Å². The number of aromatic nitrogens is 4. The molecule has 0 saturated heterocycles. The highest BCUT2D eigenvalue weighted by Crippen LogP contribution is 2.20. The number of hydrogen-bond donors (Lipinski definition) is 1. The van der Waals surface area contributed by atoms with Gasteiger partial charge in [-0.1, -0.05) is 17.3 Å². The number of hydrogen-bond acceptors (Lipinski definition) is 7. The van der Waals surface area contributed by atoms with E-state index in [9.17, 15) is 4.39 Å². The molecule has 8 heteroatoms. The molecule has 0 spiro atoms. The largest absolute Gasteiger partial charge is 0.379 e. The van der Waals surface area contributed by atoms with Crippen LogP contribution in [0.4, 0.5) is 10.2 Å². The zero-order chi connectivity index (χ0) is 13.2. The van der Waals surface area contributed by atoms with Gasteiger partial charge in [-0.3, -0.25) is 0 Å². The summed E-state index contributed by atoms with van der Waals surface area (Å²) in [5.74, 6) is 0.357. The van der Waals surface area contributed by atoms with Crippen LogP contribution in [0.5, 0.6) is 0 Å². The second-order valence-corrected chi connectivity index (χ2v) is 3.82. The zero-order valence-electron chi connectivity index (χ0n) is 9.58. The average Bonchev–Trinajstić information content (AvgIpc) is 3.01. The predicted octanol–water partition coefficient (Wildman–Crippen LogP) is 1.43. The van der Waals surface area contributed by atoms with Crippen molar-refractivity contribution in [1.29, 1.82) is 0 Å². The van der Waals surface area contributed by atoms with E-state index in [1.165, 1.54) is 12.1 Å². The second-order valence-electron chi connectivity index (χ2n) is 3.82. The smallest absolute Gasteiger partial charge is 0.284 e. The Morgan fingerprint density at radius 2 is 1.89 bits per heavy atom. The van der Waals surface area contributed by atoms with Gasteiger partial charge in [0.15, 0.2) is 5.82 Å². The summed E-state index contributed by atoms with van der Waals surface area (Å²) < 4.78 is 22.2. The van der Waals surface area contributed by atoms with E-state index in [-0.39, 0.29) is 23.2 Å². The van der Waals surface area contributed by atoms with Crippen LogP contribution in [0, 0.1) is 5.82 Å². The lowest BCUT2D eigenvalue weighted by Gasteiger charge is -1.95. The van der Waals surface area contributed by atoms with E-state index >= 15 is 0 Å². The fourth-order valence-corrected chi connectivity index (χ4v) is 1.55.